The predicted octanol–water partition coefficient (Wildman–Crippen LogP) is 2.63. The van der Waals surface area contributed by atoms with E-state index in [0.717, 1.165) is 5.56 Å². The first-order valence-corrected chi connectivity index (χ1v) is 9.49. The van der Waals surface area contributed by atoms with Crippen LogP contribution in [0.2, 0.25) is 0 Å². The molecule has 1 saturated heterocycles. The van der Waals surface area contributed by atoms with E-state index in [0.29, 0.717) is 5.75 Å². The fourth-order valence-electron chi connectivity index (χ4n) is 3.20. The molecule has 1 aromatic rings. The van der Waals surface area contributed by atoms with Gasteiger partial charge >= 0.3 is 5.97 Å². The summed E-state index contributed by atoms with van der Waals surface area (Å²) in [5, 5.41) is 2.38. The maximum atomic E-state index is 13.1. The Bertz CT molecular complexity index is 765. The molecule has 1 aromatic carbocycles. The quantitative estimate of drug-likeness (QED) is 0.549. The summed E-state index contributed by atoms with van der Waals surface area (Å²) in [6.45, 7) is 3.37. The Morgan fingerprint density at radius 3 is 2.29 bits per heavy atom. The average molecular weight is 452 g/mol. The number of ether oxygens (including phenoxy) is 2. The molecule has 2 rings (SSSR count). The third kappa shape index (κ3) is 4.31. The maximum absolute atomic E-state index is 13.1. The Kier molecular flexibility index (Phi) is 6.74. The molecule has 7 nitrogen and oxygen atoms in total. The molecule has 1 aliphatic heterocycles. The Morgan fingerprint density at radius 2 is 1.82 bits per heavy atom. The molecular weight excluding hydrogens is 431 g/mol. The second kappa shape index (κ2) is 8.35. The molecule has 0 aromatic heterocycles. The molecule has 0 unspecified atom stereocenters. The number of carbonyl (C=O) groups is 3. The van der Waals surface area contributed by atoms with Crippen LogP contribution >= 0.6 is 34.8 Å². The van der Waals surface area contributed by atoms with Gasteiger partial charge < -0.3 is 19.7 Å². The van der Waals surface area contributed by atoms with E-state index in [2.05, 4.69) is 5.32 Å². The van der Waals surface area contributed by atoms with Crippen molar-refractivity contribution in [3.8, 4) is 5.75 Å². The van der Waals surface area contributed by atoms with Crippen LogP contribution in [0.25, 0.3) is 0 Å². The van der Waals surface area contributed by atoms with E-state index in [-0.39, 0.29) is 12.6 Å². The summed E-state index contributed by atoms with van der Waals surface area (Å²) in [6, 6.07) is 5.57. The molecule has 1 N–H and O–H groups in total. The zero-order valence-corrected chi connectivity index (χ0v) is 18.1. The average Bonchev–Trinajstić information content (AvgIpc) is 2.92. The highest BCUT2D eigenvalue weighted by Crippen LogP contribution is 2.38. The lowest BCUT2D eigenvalue weighted by Crippen LogP contribution is -2.54. The number of hydrogen-bond acceptors (Lipinski definition) is 5. The Hall–Kier alpha value is -1.70. The number of hydrogen-bond donors (Lipinski definition) is 1. The summed E-state index contributed by atoms with van der Waals surface area (Å²) in [5.74, 6) is -1.44. The van der Waals surface area contributed by atoms with Gasteiger partial charge in [0, 0.05) is 6.54 Å². The van der Waals surface area contributed by atoms with E-state index < -0.39 is 33.0 Å². The Balaban J connectivity index is 2.35. The van der Waals surface area contributed by atoms with Crippen LogP contribution in [0.5, 0.6) is 5.75 Å². The number of amides is 2. The fourth-order valence-corrected chi connectivity index (χ4v) is 3.36. The van der Waals surface area contributed by atoms with Gasteiger partial charge in [-0.1, -0.05) is 46.9 Å². The molecule has 28 heavy (non-hydrogen) atoms. The molecule has 0 aliphatic carbocycles. The second-order valence-electron chi connectivity index (χ2n) is 6.73. The number of likely N-dealkylation sites (tertiary alicyclic amines) is 1. The van der Waals surface area contributed by atoms with E-state index >= 15 is 0 Å². The van der Waals surface area contributed by atoms with E-state index in [9.17, 15) is 14.4 Å². The van der Waals surface area contributed by atoms with E-state index in [1.807, 2.05) is 19.1 Å². The molecule has 0 bridgehead atoms. The number of benzene rings is 1. The van der Waals surface area contributed by atoms with E-state index in [4.69, 9.17) is 44.3 Å². The lowest BCUT2D eigenvalue weighted by molar-refractivity contribution is -0.153. The van der Waals surface area contributed by atoms with Crippen LogP contribution in [0, 0.1) is 5.41 Å². The Labute approximate surface area is 178 Å². The largest absolute Gasteiger partial charge is 0.497 e. The van der Waals surface area contributed by atoms with Gasteiger partial charge in [0.2, 0.25) is 5.91 Å². The monoisotopic (exact) mass is 450 g/mol. The van der Waals surface area contributed by atoms with Gasteiger partial charge in [0.05, 0.1) is 20.3 Å². The summed E-state index contributed by atoms with van der Waals surface area (Å²) in [4.78, 5) is 39.2. The smallest absolute Gasteiger partial charge is 0.315 e. The van der Waals surface area contributed by atoms with Crippen molar-refractivity contribution in [2.24, 2.45) is 5.41 Å². The highest BCUT2D eigenvalue weighted by atomic mass is 35.6. The summed E-state index contributed by atoms with van der Waals surface area (Å²) >= 11 is 16.8. The normalized spacial score (nSPS) is 23.3. The molecule has 1 heterocycles. The van der Waals surface area contributed by atoms with Crippen LogP contribution in [-0.2, 0) is 19.1 Å². The van der Waals surface area contributed by atoms with Crippen LogP contribution in [0.1, 0.15) is 25.5 Å². The number of methoxy groups -OCH3 is 2. The minimum absolute atomic E-state index is 0.0243. The molecule has 0 spiro atoms. The first-order valence-electron chi connectivity index (χ1n) is 8.36. The SMILES string of the molecule is COC(=O)[C@]1(C)CN([C@@H](C)c2ccc(OC)cc2)C(=O)[C@H]1NC(=O)C(Cl)(Cl)Cl. The summed E-state index contributed by atoms with van der Waals surface area (Å²) in [5.41, 5.74) is -0.521. The van der Waals surface area contributed by atoms with Crippen LogP contribution in [0.4, 0.5) is 0 Å². The fraction of sp³-hybridized carbons (Fsp3) is 0.500. The lowest BCUT2D eigenvalue weighted by Gasteiger charge is -2.28. The highest BCUT2D eigenvalue weighted by molar-refractivity contribution is 6.76. The zero-order valence-electron chi connectivity index (χ0n) is 15.8. The molecule has 10 heteroatoms. The maximum Gasteiger partial charge on any atom is 0.315 e. The summed E-state index contributed by atoms with van der Waals surface area (Å²) in [6.07, 6.45) is 0. The van der Waals surface area contributed by atoms with E-state index in [1.165, 1.54) is 18.9 Å². The predicted molar refractivity (Wildman–Crippen MR) is 105 cm³/mol. The van der Waals surface area contributed by atoms with Crippen molar-refractivity contribution in [3.05, 3.63) is 29.8 Å². The van der Waals surface area contributed by atoms with Crippen molar-refractivity contribution in [1.82, 2.24) is 10.2 Å². The molecule has 0 saturated carbocycles. The zero-order chi connectivity index (χ0) is 21.3. The van der Waals surface area contributed by atoms with Gasteiger partial charge in [0.15, 0.2) is 0 Å². The van der Waals surface area contributed by atoms with Crippen molar-refractivity contribution in [2.45, 2.75) is 29.7 Å². The molecule has 0 radical (unpaired) electrons. The summed E-state index contributed by atoms with van der Waals surface area (Å²) < 4.78 is 7.73. The van der Waals surface area contributed by atoms with Gasteiger partial charge in [0.1, 0.15) is 17.2 Å². The van der Waals surface area contributed by atoms with Gasteiger partial charge in [-0.3, -0.25) is 14.4 Å². The van der Waals surface area contributed by atoms with Crippen LogP contribution in [0.15, 0.2) is 24.3 Å². The second-order valence-corrected chi connectivity index (χ2v) is 9.01. The highest BCUT2D eigenvalue weighted by Gasteiger charge is 2.57. The van der Waals surface area contributed by atoms with Crippen molar-refractivity contribution in [3.63, 3.8) is 0 Å². The van der Waals surface area contributed by atoms with Crippen molar-refractivity contribution >= 4 is 52.6 Å². The molecule has 3 atom stereocenters. The number of nitrogens with zero attached hydrogens (tertiary/aromatic N) is 1. The van der Waals surface area contributed by atoms with Crippen LogP contribution in [-0.4, -0.2) is 53.3 Å². The van der Waals surface area contributed by atoms with Gasteiger partial charge in [-0.25, -0.2) is 0 Å². The first-order chi connectivity index (χ1) is 13.0. The molecular formula is C18H21Cl3N2O5. The molecule has 154 valence electrons. The molecule has 2 amide bonds. The third-order valence-corrected chi connectivity index (χ3v) is 5.43. The minimum Gasteiger partial charge on any atom is -0.497 e. The number of nitrogens with one attached hydrogen (secondary N) is 1. The van der Waals surface area contributed by atoms with Crippen molar-refractivity contribution in [1.29, 1.82) is 0 Å². The first kappa shape index (κ1) is 22.6. The van der Waals surface area contributed by atoms with Crippen LogP contribution < -0.4 is 10.1 Å². The van der Waals surface area contributed by atoms with Crippen LogP contribution in [0.3, 0.4) is 0 Å². The number of alkyl halides is 3. The van der Waals surface area contributed by atoms with Gasteiger partial charge in [-0.05, 0) is 31.5 Å². The number of carbonyl (C=O) groups excluding carboxylic acids is 3. The lowest BCUT2D eigenvalue weighted by atomic mass is 9.85. The van der Waals surface area contributed by atoms with Crippen molar-refractivity contribution < 1.29 is 23.9 Å². The Morgan fingerprint density at radius 1 is 1.25 bits per heavy atom. The number of halogens is 3. The number of esters is 1. The van der Waals surface area contributed by atoms with Gasteiger partial charge in [-0.2, -0.15) is 0 Å². The third-order valence-electron chi connectivity index (χ3n) is 4.92. The molecule has 1 fully saturated rings. The topological polar surface area (TPSA) is 84.9 Å². The van der Waals surface area contributed by atoms with Crippen molar-refractivity contribution in [2.75, 3.05) is 20.8 Å². The van der Waals surface area contributed by atoms with Gasteiger partial charge in [-0.15, -0.1) is 0 Å². The van der Waals surface area contributed by atoms with E-state index in [1.54, 1.807) is 19.2 Å². The molecule has 1 aliphatic rings. The van der Waals surface area contributed by atoms with Gasteiger partial charge in [0.25, 0.3) is 9.70 Å². The summed E-state index contributed by atoms with van der Waals surface area (Å²) in [7, 11) is 2.77. The number of rotatable bonds is 5. The minimum atomic E-state index is -2.27. The standard InChI is InChI=1S/C18H21Cl3N2O5/c1-10(11-5-7-12(27-3)8-6-11)23-9-17(2,16(26)28-4)13(14(23)24)22-15(25)18(19,20)21/h5-8,10,13H,9H2,1-4H3,(H,22,25)/t10-,13+,17+/m0/s1.